The third-order valence-electron chi connectivity index (χ3n) is 5.45. The van der Waals surface area contributed by atoms with Gasteiger partial charge in [0, 0.05) is 0 Å². The van der Waals surface area contributed by atoms with Crippen LogP contribution >= 0.6 is 0 Å². The van der Waals surface area contributed by atoms with Gasteiger partial charge in [-0.1, -0.05) is 23.8 Å². The number of carbonyl (C=O) groups is 1. The van der Waals surface area contributed by atoms with Gasteiger partial charge in [0.25, 0.3) is 10.0 Å². The first-order valence-corrected chi connectivity index (χ1v) is 12.2. The Balaban J connectivity index is 1.56. The maximum absolute atomic E-state index is 13.4. The smallest absolute Gasteiger partial charge is 0.264 e. The molecular weight excluding hydrogens is 459 g/mol. The van der Waals surface area contributed by atoms with Gasteiger partial charge in [0.2, 0.25) is 5.91 Å². The summed E-state index contributed by atoms with van der Waals surface area (Å²) in [5.74, 6) is 0.204. The lowest BCUT2D eigenvalue weighted by Crippen LogP contribution is -2.41. The van der Waals surface area contributed by atoms with Crippen molar-refractivity contribution in [3.8, 4) is 11.5 Å². The molecule has 3 aromatic rings. The molecule has 4 rings (SSSR count). The summed E-state index contributed by atoms with van der Waals surface area (Å²) in [4.78, 5) is 12.9. The van der Waals surface area contributed by atoms with E-state index < -0.39 is 34.3 Å². The molecule has 34 heavy (non-hydrogen) atoms. The van der Waals surface area contributed by atoms with Crippen LogP contribution in [0.2, 0.25) is 0 Å². The second-order valence-electron chi connectivity index (χ2n) is 7.99. The number of amides is 1. The Morgan fingerprint density at radius 2 is 1.65 bits per heavy atom. The van der Waals surface area contributed by atoms with Crippen LogP contribution in [-0.2, 0) is 14.8 Å². The minimum absolute atomic E-state index is 0.109. The maximum atomic E-state index is 13.4. The number of sulfonamides is 1. The molecule has 0 aliphatic carbocycles. The summed E-state index contributed by atoms with van der Waals surface area (Å²) in [6.07, 6.45) is 0. The number of ether oxygens (including phenoxy) is 2. The van der Waals surface area contributed by atoms with Gasteiger partial charge in [-0.2, -0.15) is 0 Å². The highest BCUT2D eigenvalue weighted by Crippen LogP contribution is 2.32. The van der Waals surface area contributed by atoms with Crippen molar-refractivity contribution in [1.82, 2.24) is 5.32 Å². The van der Waals surface area contributed by atoms with Crippen LogP contribution in [0.1, 0.15) is 24.1 Å². The number of hydrogen-bond acceptors (Lipinski definition) is 5. The summed E-state index contributed by atoms with van der Waals surface area (Å²) in [6, 6.07) is 16.3. The zero-order valence-electron chi connectivity index (χ0n) is 18.8. The lowest BCUT2D eigenvalue weighted by atomic mass is 10.1. The molecule has 1 aliphatic heterocycles. The molecule has 0 fully saturated rings. The standard InChI is InChI=1S/C25H25FN2O5S/c1-17-3-8-21(9-4-17)28(34(30,31)22-10-6-20(26)7-11-22)16-25(29)27-18(2)19-5-12-23-24(15-19)33-14-13-32-23/h3-12,15,18H,13-14,16H2,1-2H3,(H,27,29). The van der Waals surface area contributed by atoms with E-state index in [0.717, 1.165) is 27.6 Å². The Kier molecular flexibility index (Phi) is 6.74. The number of carbonyl (C=O) groups excluding carboxylic acids is 1. The van der Waals surface area contributed by atoms with E-state index in [1.165, 1.54) is 12.1 Å². The first-order valence-electron chi connectivity index (χ1n) is 10.8. The van der Waals surface area contributed by atoms with Gasteiger partial charge in [-0.05, 0) is 67.9 Å². The normalized spacial score (nSPS) is 13.7. The average Bonchev–Trinajstić information content (AvgIpc) is 2.83. The number of nitrogens with zero attached hydrogens (tertiary/aromatic N) is 1. The zero-order valence-corrected chi connectivity index (χ0v) is 19.6. The number of nitrogens with one attached hydrogen (secondary N) is 1. The first-order chi connectivity index (χ1) is 16.2. The van der Waals surface area contributed by atoms with E-state index in [4.69, 9.17) is 9.47 Å². The molecule has 178 valence electrons. The van der Waals surface area contributed by atoms with E-state index in [0.29, 0.717) is 30.4 Å². The lowest BCUT2D eigenvalue weighted by molar-refractivity contribution is -0.120. The van der Waals surface area contributed by atoms with Crippen molar-refractivity contribution in [2.75, 3.05) is 24.1 Å². The maximum Gasteiger partial charge on any atom is 0.264 e. The van der Waals surface area contributed by atoms with E-state index >= 15 is 0 Å². The predicted molar refractivity (Wildman–Crippen MR) is 126 cm³/mol. The molecule has 0 aromatic heterocycles. The van der Waals surface area contributed by atoms with Crippen molar-refractivity contribution in [1.29, 1.82) is 0 Å². The third-order valence-corrected chi connectivity index (χ3v) is 7.24. The van der Waals surface area contributed by atoms with Crippen LogP contribution in [0.3, 0.4) is 0 Å². The van der Waals surface area contributed by atoms with Crippen LogP contribution in [0.25, 0.3) is 0 Å². The van der Waals surface area contributed by atoms with Gasteiger partial charge in [-0.3, -0.25) is 9.10 Å². The van der Waals surface area contributed by atoms with Gasteiger partial charge in [0.1, 0.15) is 25.6 Å². The average molecular weight is 485 g/mol. The number of hydrogen-bond donors (Lipinski definition) is 1. The van der Waals surface area contributed by atoms with Crippen LogP contribution in [0.4, 0.5) is 10.1 Å². The van der Waals surface area contributed by atoms with Crippen LogP contribution in [0.5, 0.6) is 11.5 Å². The van der Waals surface area contributed by atoms with Gasteiger partial charge in [0.05, 0.1) is 16.6 Å². The minimum Gasteiger partial charge on any atom is -0.486 e. The third kappa shape index (κ3) is 5.14. The number of fused-ring (bicyclic) bond motifs is 1. The molecule has 3 aromatic carbocycles. The second kappa shape index (κ2) is 9.72. The number of rotatable bonds is 7. The SMILES string of the molecule is Cc1ccc(N(CC(=O)NC(C)c2ccc3c(c2)OCCO3)S(=O)(=O)c2ccc(F)cc2)cc1. The van der Waals surface area contributed by atoms with Crippen LogP contribution in [0, 0.1) is 12.7 Å². The van der Waals surface area contributed by atoms with Crippen molar-refractivity contribution in [3.05, 3.63) is 83.7 Å². The lowest BCUT2D eigenvalue weighted by Gasteiger charge is -2.25. The zero-order chi connectivity index (χ0) is 24.3. The molecular formula is C25H25FN2O5S. The molecule has 1 unspecified atom stereocenters. The first kappa shape index (κ1) is 23.6. The van der Waals surface area contributed by atoms with Crippen molar-refractivity contribution >= 4 is 21.6 Å². The van der Waals surface area contributed by atoms with Crippen molar-refractivity contribution in [2.24, 2.45) is 0 Å². The number of halogens is 1. The molecule has 7 nitrogen and oxygen atoms in total. The van der Waals surface area contributed by atoms with E-state index in [-0.39, 0.29) is 4.90 Å². The van der Waals surface area contributed by atoms with Crippen molar-refractivity contribution in [2.45, 2.75) is 24.8 Å². The van der Waals surface area contributed by atoms with Gasteiger partial charge >= 0.3 is 0 Å². The highest BCUT2D eigenvalue weighted by Gasteiger charge is 2.28. The number of aryl methyl sites for hydroxylation is 1. The van der Waals surface area contributed by atoms with Gasteiger partial charge < -0.3 is 14.8 Å². The van der Waals surface area contributed by atoms with Gasteiger partial charge in [-0.25, -0.2) is 12.8 Å². The molecule has 0 spiro atoms. The molecule has 1 heterocycles. The quantitative estimate of drug-likeness (QED) is 0.549. The highest BCUT2D eigenvalue weighted by molar-refractivity contribution is 7.92. The fraction of sp³-hybridized carbons (Fsp3) is 0.240. The Hall–Kier alpha value is -3.59. The summed E-state index contributed by atoms with van der Waals surface area (Å²) in [5.41, 5.74) is 2.07. The van der Waals surface area contributed by atoms with Crippen LogP contribution in [-0.4, -0.2) is 34.1 Å². The summed E-state index contributed by atoms with van der Waals surface area (Å²) in [6.45, 7) is 4.16. The number of anilines is 1. The summed E-state index contributed by atoms with van der Waals surface area (Å²) in [5, 5.41) is 2.85. The monoisotopic (exact) mass is 484 g/mol. The largest absolute Gasteiger partial charge is 0.486 e. The van der Waals surface area contributed by atoms with Crippen molar-refractivity contribution in [3.63, 3.8) is 0 Å². The number of benzene rings is 3. The molecule has 0 bridgehead atoms. The molecule has 0 saturated carbocycles. The van der Waals surface area contributed by atoms with Gasteiger partial charge in [-0.15, -0.1) is 0 Å². The molecule has 1 aliphatic rings. The van der Waals surface area contributed by atoms with E-state index in [1.54, 1.807) is 43.3 Å². The summed E-state index contributed by atoms with van der Waals surface area (Å²) >= 11 is 0. The van der Waals surface area contributed by atoms with Gasteiger partial charge in [0.15, 0.2) is 11.5 Å². The second-order valence-corrected chi connectivity index (χ2v) is 9.86. The van der Waals surface area contributed by atoms with E-state index in [1.807, 2.05) is 13.0 Å². The fourth-order valence-electron chi connectivity index (χ4n) is 3.59. The molecule has 0 saturated heterocycles. The van der Waals surface area contributed by atoms with Crippen molar-refractivity contribution < 1.29 is 27.1 Å². The molecule has 9 heteroatoms. The minimum atomic E-state index is -4.12. The molecule has 0 radical (unpaired) electrons. The summed E-state index contributed by atoms with van der Waals surface area (Å²) < 4.78 is 52.3. The molecule has 1 amide bonds. The Bertz CT molecular complexity index is 1280. The highest BCUT2D eigenvalue weighted by atomic mass is 32.2. The molecule has 1 atom stereocenters. The fourth-order valence-corrected chi connectivity index (χ4v) is 5.01. The Labute approximate surface area is 198 Å². The Morgan fingerprint density at radius 1 is 1.00 bits per heavy atom. The van der Waals surface area contributed by atoms with Crippen LogP contribution in [0.15, 0.2) is 71.6 Å². The summed E-state index contributed by atoms with van der Waals surface area (Å²) in [7, 11) is -4.12. The Morgan fingerprint density at radius 3 is 2.32 bits per heavy atom. The molecule has 1 N–H and O–H groups in total. The van der Waals surface area contributed by atoms with E-state index in [2.05, 4.69) is 5.32 Å². The predicted octanol–water partition coefficient (Wildman–Crippen LogP) is 3.98. The topological polar surface area (TPSA) is 84.9 Å². The van der Waals surface area contributed by atoms with E-state index in [9.17, 15) is 17.6 Å². The van der Waals surface area contributed by atoms with Crippen LogP contribution < -0.4 is 19.1 Å².